The lowest BCUT2D eigenvalue weighted by Crippen LogP contribution is -2.45. The highest BCUT2D eigenvalue weighted by molar-refractivity contribution is 5.90. The van der Waals surface area contributed by atoms with E-state index < -0.39 is 18.0 Å². The molecule has 3 N–H and O–H groups in total. The molecule has 5 aromatic rings. The van der Waals surface area contributed by atoms with Crippen LogP contribution in [-0.4, -0.2) is 39.9 Å². The summed E-state index contributed by atoms with van der Waals surface area (Å²) < 4.78 is 5.53. The molecular formula is C32H31N5O3. The Labute approximate surface area is 232 Å². The predicted octanol–water partition coefficient (Wildman–Crippen LogP) is 4.47. The lowest BCUT2D eigenvalue weighted by atomic mass is 10.00. The van der Waals surface area contributed by atoms with Gasteiger partial charge in [-0.3, -0.25) is 9.59 Å². The monoisotopic (exact) mass is 533 g/mol. The maximum atomic E-state index is 13.5. The molecule has 202 valence electrons. The van der Waals surface area contributed by atoms with Gasteiger partial charge in [0.25, 0.3) is 11.7 Å². The second kappa shape index (κ2) is 12.4. The van der Waals surface area contributed by atoms with Crippen molar-refractivity contribution in [2.75, 3.05) is 7.05 Å². The van der Waals surface area contributed by atoms with Crippen LogP contribution in [0.25, 0.3) is 10.8 Å². The summed E-state index contributed by atoms with van der Waals surface area (Å²) in [5.41, 5.74) is 9.33. The lowest BCUT2D eigenvalue weighted by molar-refractivity contribution is -0.134. The molecule has 5 rings (SSSR count). The van der Waals surface area contributed by atoms with E-state index in [1.165, 1.54) is 4.90 Å². The molecule has 8 nitrogen and oxygen atoms in total. The van der Waals surface area contributed by atoms with Crippen LogP contribution in [0.1, 0.15) is 39.2 Å². The van der Waals surface area contributed by atoms with E-state index in [1.807, 2.05) is 97.1 Å². The summed E-state index contributed by atoms with van der Waals surface area (Å²) in [6.45, 7) is 0.332. The molecule has 0 aliphatic rings. The van der Waals surface area contributed by atoms with Gasteiger partial charge in [0.1, 0.15) is 6.04 Å². The molecule has 2 atom stereocenters. The van der Waals surface area contributed by atoms with Crippen LogP contribution in [0.15, 0.2) is 108 Å². The Bertz CT molecular complexity index is 1590. The Morgan fingerprint density at radius 3 is 2.20 bits per heavy atom. The fraction of sp³-hybridized carbons (Fsp3) is 0.188. The largest absolute Gasteiger partial charge is 0.345 e. The first-order valence-electron chi connectivity index (χ1n) is 13.2. The Hall–Kier alpha value is -4.82. The van der Waals surface area contributed by atoms with Gasteiger partial charge < -0.3 is 20.5 Å². The first kappa shape index (κ1) is 26.8. The third-order valence-corrected chi connectivity index (χ3v) is 6.90. The fourth-order valence-electron chi connectivity index (χ4n) is 4.67. The van der Waals surface area contributed by atoms with Gasteiger partial charge in [-0.1, -0.05) is 108 Å². The van der Waals surface area contributed by atoms with Crippen LogP contribution in [0, 0.1) is 0 Å². The molecular weight excluding hydrogens is 502 g/mol. The second-order valence-electron chi connectivity index (χ2n) is 9.77. The van der Waals surface area contributed by atoms with E-state index in [0.29, 0.717) is 19.4 Å². The first-order chi connectivity index (χ1) is 19.5. The van der Waals surface area contributed by atoms with E-state index in [0.717, 1.165) is 27.5 Å². The Balaban J connectivity index is 1.32. The molecule has 0 saturated heterocycles. The molecule has 2 amide bonds. The topological polar surface area (TPSA) is 114 Å². The van der Waals surface area contributed by atoms with E-state index in [4.69, 9.17) is 10.3 Å². The molecule has 0 bridgehead atoms. The van der Waals surface area contributed by atoms with Crippen molar-refractivity contribution in [3.05, 3.63) is 132 Å². The average Bonchev–Trinajstić information content (AvgIpc) is 3.49. The molecule has 0 aliphatic carbocycles. The van der Waals surface area contributed by atoms with Crippen molar-refractivity contribution in [2.24, 2.45) is 5.73 Å². The minimum absolute atomic E-state index is 0.0923. The quantitative estimate of drug-likeness (QED) is 0.274. The number of rotatable bonds is 10. The van der Waals surface area contributed by atoms with Crippen LogP contribution < -0.4 is 11.1 Å². The smallest absolute Gasteiger partial charge is 0.292 e. The number of nitrogens with one attached hydrogen (secondary N) is 1. The third-order valence-electron chi connectivity index (χ3n) is 6.90. The van der Waals surface area contributed by atoms with Gasteiger partial charge in [0, 0.05) is 20.0 Å². The summed E-state index contributed by atoms with van der Waals surface area (Å²) in [6.07, 6.45) is 0.794. The van der Waals surface area contributed by atoms with E-state index in [2.05, 4.69) is 21.5 Å². The van der Waals surface area contributed by atoms with E-state index in [1.54, 1.807) is 7.05 Å². The molecule has 1 heterocycles. The average molecular weight is 534 g/mol. The van der Waals surface area contributed by atoms with Gasteiger partial charge in [0.2, 0.25) is 11.8 Å². The van der Waals surface area contributed by atoms with Crippen molar-refractivity contribution in [3.63, 3.8) is 0 Å². The van der Waals surface area contributed by atoms with Crippen LogP contribution in [0.5, 0.6) is 0 Å². The molecule has 1 aromatic heterocycles. The van der Waals surface area contributed by atoms with Crippen molar-refractivity contribution in [1.29, 1.82) is 0 Å². The highest BCUT2D eigenvalue weighted by Gasteiger charge is 2.31. The predicted molar refractivity (Wildman–Crippen MR) is 153 cm³/mol. The van der Waals surface area contributed by atoms with Crippen LogP contribution in [-0.2, 0) is 24.2 Å². The van der Waals surface area contributed by atoms with Crippen molar-refractivity contribution in [2.45, 2.75) is 31.5 Å². The van der Waals surface area contributed by atoms with Gasteiger partial charge in [-0.2, -0.15) is 4.98 Å². The summed E-state index contributed by atoms with van der Waals surface area (Å²) in [7, 11) is 1.68. The summed E-state index contributed by atoms with van der Waals surface area (Å²) in [5, 5.41) is 8.94. The summed E-state index contributed by atoms with van der Waals surface area (Å²) in [6, 6.07) is 32.0. The van der Waals surface area contributed by atoms with Gasteiger partial charge in [0.05, 0.1) is 6.04 Å². The van der Waals surface area contributed by atoms with Crippen molar-refractivity contribution < 1.29 is 14.1 Å². The SMILES string of the molecule is CN(C(=O)C(N)Cc1ccc2ccccc2c1)C(Cc1ccccc1)c1nc(C(=O)NCc2ccccc2)no1. The van der Waals surface area contributed by atoms with Crippen molar-refractivity contribution in [1.82, 2.24) is 20.4 Å². The lowest BCUT2D eigenvalue weighted by Gasteiger charge is -2.28. The Morgan fingerprint density at radius 2 is 1.48 bits per heavy atom. The molecule has 0 spiro atoms. The van der Waals surface area contributed by atoms with E-state index >= 15 is 0 Å². The molecule has 2 unspecified atom stereocenters. The van der Waals surface area contributed by atoms with E-state index in [9.17, 15) is 9.59 Å². The number of carbonyl (C=O) groups excluding carboxylic acids is 2. The van der Waals surface area contributed by atoms with Crippen LogP contribution in [0.4, 0.5) is 0 Å². The number of hydrogen-bond donors (Lipinski definition) is 2. The molecule has 0 aliphatic heterocycles. The number of benzene rings is 4. The van der Waals surface area contributed by atoms with Gasteiger partial charge in [-0.25, -0.2) is 0 Å². The van der Waals surface area contributed by atoms with Crippen LogP contribution in [0.3, 0.4) is 0 Å². The number of carbonyl (C=O) groups is 2. The summed E-state index contributed by atoms with van der Waals surface area (Å²) in [5.74, 6) is -0.644. The fourth-order valence-corrected chi connectivity index (χ4v) is 4.67. The van der Waals surface area contributed by atoms with Gasteiger partial charge >= 0.3 is 0 Å². The van der Waals surface area contributed by atoms with Crippen molar-refractivity contribution >= 4 is 22.6 Å². The summed E-state index contributed by atoms with van der Waals surface area (Å²) in [4.78, 5) is 32.2. The van der Waals surface area contributed by atoms with Gasteiger partial charge in [0.15, 0.2) is 0 Å². The number of likely N-dealkylation sites (N-methyl/N-ethyl adjacent to an activating group) is 1. The minimum Gasteiger partial charge on any atom is -0.345 e. The first-order valence-corrected chi connectivity index (χ1v) is 13.2. The maximum Gasteiger partial charge on any atom is 0.292 e. The van der Waals surface area contributed by atoms with Crippen molar-refractivity contribution in [3.8, 4) is 0 Å². The number of nitrogens with two attached hydrogens (primary N) is 1. The molecule has 0 fully saturated rings. The molecule has 40 heavy (non-hydrogen) atoms. The number of amides is 2. The van der Waals surface area contributed by atoms with Gasteiger partial charge in [-0.05, 0) is 33.9 Å². The van der Waals surface area contributed by atoms with Crippen LogP contribution in [0.2, 0.25) is 0 Å². The molecule has 4 aromatic carbocycles. The molecule has 8 heteroatoms. The highest BCUT2D eigenvalue weighted by Crippen LogP contribution is 2.24. The molecule has 0 saturated carbocycles. The zero-order chi connectivity index (χ0) is 27.9. The normalized spacial score (nSPS) is 12.6. The maximum absolute atomic E-state index is 13.5. The van der Waals surface area contributed by atoms with Gasteiger partial charge in [-0.15, -0.1) is 0 Å². The number of aromatic nitrogens is 2. The second-order valence-corrected chi connectivity index (χ2v) is 9.77. The van der Waals surface area contributed by atoms with E-state index in [-0.39, 0.29) is 17.6 Å². The number of fused-ring (bicyclic) bond motifs is 1. The number of hydrogen-bond acceptors (Lipinski definition) is 6. The highest BCUT2D eigenvalue weighted by atomic mass is 16.5. The third kappa shape index (κ3) is 6.42. The standard InChI is InChI=1S/C32H31N5O3/c1-37(32(39)27(33)19-24-16-17-25-14-8-9-15-26(25)18-24)28(20-22-10-4-2-5-11-22)31-35-29(36-40-31)30(38)34-21-23-12-6-3-7-13-23/h2-18,27-28H,19-21,33H2,1H3,(H,34,38). The zero-order valence-corrected chi connectivity index (χ0v) is 22.2. The number of nitrogens with zero attached hydrogens (tertiary/aromatic N) is 3. The zero-order valence-electron chi connectivity index (χ0n) is 22.2. The minimum atomic E-state index is -0.777. The van der Waals surface area contributed by atoms with Crippen LogP contribution >= 0.6 is 0 Å². The Kier molecular flexibility index (Phi) is 8.27. The summed E-state index contributed by atoms with van der Waals surface area (Å²) >= 11 is 0. The Morgan fingerprint density at radius 1 is 0.825 bits per heavy atom. The molecule has 0 radical (unpaired) electrons.